The molecule has 8 nitrogen and oxygen atoms in total. The fourth-order valence-corrected chi connectivity index (χ4v) is 2.85. The average Bonchev–Trinajstić information content (AvgIpc) is 3.10. The van der Waals surface area contributed by atoms with E-state index in [9.17, 15) is 9.59 Å². The third-order valence-electron chi connectivity index (χ3n) is 4.13. The zero-order valence-electron chi connectivity index (χ0n) is 14.2. The second-order valence-corrected chi connectivity index (χ2v) is 5.95. The van der Waals surface area contributed by atoms with Gasteiger partial charge in [0.1, 0.15) is 18.8 Å². The lowest BCUT2D eigenvalue weighted by atomic mass is 10.1. The maximum absolute atomic E-state index is 12.4. The summed E-state index contributed by atoms with van der Waals surface area (Å²) in [6.45, 7) is 3.53. The number of nitrogens with zero attached hydrogens (tertiary/aromatic N) is 2. The summed E-state index contributed by atoms with van der Waals surface area (Å²) in [5.74, 6) is 1.04. The fraction of sp³-hybridized carbons (Fsp3) is 0.278. The lowest BCUT2D eigenvalue weighted by Crippen LogP contribution is -2.24. The molecule has 0 fully saturated rings. The van der Waals surface area contributed by atoms with Gasteiger partial charge in [-0.2, -0.15) is 9.61 Å². The van der Waals surface area contributed by atoms with Crippen molar-refractivity contribution >= 4 is 11.6 Å². The molecular formula is C18H18N4O4. The second kappa shape index (κ2) is 6.55. The molecule has 0 bridgehead atoms. The predicted molar refractivity (Wildman–Crippen MR) is 94.9 cm³/mol. The van der Waals surface area contributed by atoms with E-state index in [0.717, 1.165) is 12.0 Å². The Bertz CT molecular complexity index is 1040. The van der Waals surface area contributed by atoms with Crippen LogP contribution in [0.2, 0.25) is 0 Å². The molecule has 2 aromatic heterocycles. The topological polar surface area (TPSA) is 97.7 Å². The Kier molecular flexibility index (Phi) is 4.08. The molecule has 8 heteroatoms. The number of fused-ring (bicyclic) bond motifs is 2. The standard InChI is InChI=1S/C18H18N4O4/c1-2-5-19-18(24)12-10-20-22-16(23)9-13(21-17(12)22)11-3-4-14-15(8-11)26-7-6-25-14/h3-4,8-10,21H,2,5-7H2,1H3,(H,19,24). The molecule has 2 N–H and O–H groups in total. The van der Waals surface area contributed by atoms with E-state index >= 15 is 0 Å². The molecule has 1 aliphatic heterocycles. The highest BCUT2D eigenvalue weighted by Gasteiger charge is 2.17. The number of rotatable bonds is 4. The number of aromatic amines is 1. The second-order valence-electron chi connectivity index (χ2n) is 5.95. The van der Waals surface area contributed by atoms with Crippen LogP contribution in [0.1, 0.15) is 23.7 Å². The van der Waals surface area contributed by atoms with Gasteiger partial charge in [-0.05, 0) is 24.6 Å². The van der Waals surface area contributed by atoms with Crippen LogP contribution in [0.25, 0.3) is 16.9 Å². The van der Waals surface area contributed by atoms with Gasteiger partial charge in [0.05, 0.1) is 11.9 Å². The number of carbonyl (C=O) groups is 1. The molecule has 0 spiro atoms. The number of nitrogens with one attached hydrogen (secondary N) is 2. The molecule has 1 aliphatic rings. The molecule has 0 saturated carbocycles. The van der Waals surface area contributed by atoms with Crippen molar-refractivity contribution in [3.63, 3.8) is 0 Å². The van der Waals surface area contributed by atoms with Crippen LogP contribution in [0, 0.1) is 0 Å². The monoisotopic (exact) mass is 354 g/mol. The zero-order valence-corrected chi connectivity index (χ0v) is 14.2. The Morgan fingerprint density at radius 1 is 1.27 bits per heavy atom. The number of benzene rings is 1. The molecule has 1 amide bonds. The Labute approximate surface area is 148 Å². The predicted octanol–water partition coefficient (Wildman–Crippen LogP) is 1.60. The van der Waals surface area contributed by atoms with Gasteiger partial charge < -0.3 is 19.8 Å². The minimum absolute atomic E-state index is 0.267. The number of hydrogen-bond donors (Lipinski definition) is 2. The van der Waals surface area contributed by atoms with Gasteiger partial charge in [0.15, 0.2) is 17.1 Å². The minimum atomic E-state index is -0.321. The average molecular weight is 354 g/mol. The van der Waals surface area contributed by atoms with Crippen LogP contribution in [-0.4, -0.2) is 40.3 Å². The highest BCUT2D eigenvalue weighted by Crippen LogP contribution is 2.33. The molecule has 26 heavy (non-hydrogen) atoms. The Morgan fingerprint density at radius 2 is 2.08 bits per heavy atom. The highest BCUT2D eigenvalue weighted by atomic mass is 16.6. The molecule has 0 radical (unpaired) electrons. The summed E-state index contributed by atoms with van der Waals surface area (Å²) in [5, 5.41) is 6.82. The molecule has 1 aromatic carbocycles. The van der Waals surface area contributed by atoms with Crippen molar-refractivity contribution in [2.45, 2.75) is 13.3 Å². The maximum atomic E-state index is 12.4. The van der Waals surface area contributed by atoms with Crippen molar-refractivity contribution < 1.29 is 14.3 Å². The number of aromatic nitrogens is 3. The molecule has 0 atom stereocenters. The first-order valence-corrected chi connectivity index (χ1v) is 8.46. The summed E-state index contributed by atoms with van der Waals surface area (Å²) in [5.41, 5.74) is 1.70. The number of hydrogen-bond acceptors (Lipinski definition) is 5. The number of ether oxygens (including phenoxy) is 2. The zero-order chi connectivity index (χ0) is 18.1. The third-order valence-corrected chi connectivity index (χ3v) is 4.13. The van der Waals surface area contributed by atoms with E-state index < -0.39 is 0 Å². The number of H-pyrrole nitrogens is 1. The van der Waals surface area contributed by atoms with Crippen LogP contribution in [0.15, 0.2) is 35.3 Å². The Balaban J connectivity index is 1.79. The third kappa shape index (κ3) is 2.79. The summed E-state index contributed by atoms with van der Waals surface area (Å²) in [7, 11) is 0. The summed E-state index contributed by atoms with van der Waals surface area (Å²) in [6, 6.07) is 6.89. The maximum Gasteiger partial charge on any atom is 0.274 e. The number of carbonyl (C=O) groups excluding carboxylic acids is 1. The lowest BCUT2D eigenvalue weighted by molar-refractivity contribution is 0.0955. The highest BCUT2D eigenvalue weighted by molar-refractivity contribution is 5.99. The molecule has 0 aliphatic carbocycles. The molecule has 3 heterocycles. The van der Waals surface area contributed by atoms with E-state index in [1.807, 2.05) is 19.1 Å². The molecule has 4 rings (SSSR count). The van der Waals surface area contributed by atoms with Crippen LogP contribution in [0.5, 0.6) is 11.5 Å². The van der Waals surface area contributed by atoms with E-state index in [0.29, 0.717) is 48.2 Å². The largest absolute Gasteiger partial charge is 0.486 e. The molecule has 3 aromatic rings. The van der Waals surface area contributed by atoms with Gasteiger partial charge in [-0.1, -0.05) is 6.92 Å². The molecule has 0 unspecified atom stereocenters. The molecule has 134 valence electrons. The van der Waals surface area contributed by atoms with Crippen molar-refractivity contribution in [2.75, 3.05) is 19.8 Å². The van der Waals surface area contributed by atoms with Crippen molar-refractivity contribution in [1.82, 2.24) is 19.9 Å². The fourth-order valence-electron chi connectivity index (χ4n) is 2.85. The molecular weight excluding hydrogens is 336 g/mol. The van der Waals surface area contributed by atoms with Crippen LogP contribution >= 0.6 is 0 Å². The summed E-state index contributed by atoms with van der Waals surface area (Å²) < 4.78 is 12.3. The van der Waals surface area contributed by atoms with E-state index in [-0.39, 0.29) is 11.5 Å². The van der Waals surface area contributed by atoms with E-state index in [4.69, 9.17) is 9.47 Å². The first kappa shape index (κ1) is 16.2. The van der Waals surface area contributed by atoms with Crippen molar-refractivity contribution in [3.05, 3.63) is 46.4 Å². The minimum Gasteiger partial charge on any atom is -0.486 e. The first-order chi connectivity index (χ1) is 12.7. The van der Waals surface area contributed by atoms with E-state index in [1.165, 1.54) is 16.8 Å². The van der Waals surface area contributed by atoms with Gasteiger partial charge in [0.2, 0.25) is 0 Å². The number of amides is 1. The van der Waals surface area contributed by atoms with Crippen molar-refractivity contribution in [1.29, 1.82) is 0 Å². The first-order valence-electron chi connectivity index (χ1n) is 8.46. The molecule has 0 saturated heterocycles. The van der Waals surface area contributed by atoms with Gasteiger partial charge in [-0.25, -0.2) is 0 Å². The Morgan fingerprint density at radius 3 is 2.88 bits per heavy atom. The van der Waals surface area contributed by atoms with Gasteiger partial charge >= 0.3 is 0 Å². The van der Waals surface area contributed by atoms with Crippen LogP contribution < -0.4 is 20.3 Å². The normalized spacial score (nSPS) is 13.0. The van der Waals surface area contributed by atoms with E-state index in [2.05, 4.69) is 15.4 Å². The van der Waals surface area contributed by atoms with Gasteiger partial charge in [0, 0.05) is 18.2 Å². The summed E-state index contributed by atoms with van der Waals surface area (Å²) in [4.78, 5) is 27.9. The quantitative estimate of drug-likeness (QED) is 0.742. The Hall–Kier alpha value is -3.29. The van der Waals surface area contributed by atoms with Gasteiger partial charge in [-0.15, -0.1) is 0 Å². The smallest absolute Gasteiger partial charge is 0.274 e. The summed E-state index contributed by atoms with van der Waals surface area (Å²) in [6.07, 6.45) is 2.22. The van der Waals surface area contributed by atoms with E-state index in [1.54, 1.807) is 6.07 Å². The lowest BCUT2D eigenvalue weighted by Gasteiger charge is -2.18. The SMILES string of the molecule is CCCNC(=O)c1cnn2c(=O)cc(-c3ccc4c(c3)OCCO4)[nH]c12. The van der Waals surface area contributed by atoms with Crippen molar-refractivity contribution in [3.8, 4) is 22.8 Å². The van der Waals surface area contributed by atoms with Gasteiger partial charge in [-0.3, -0.25) is 9.59 Å². The van der Waals surface area contributed by atoms with Crippen LogP contribution in [0.3, 0.4) is 0 Å². The van der Waals surface area contributed by atoms with Crippen LogP contribution in [-0.2, 0) is 0 Å². The van der Waals surface area contributed by atoms with Crippen molar-refractivity contribution in [2.24, 2.45) is 0 Å². The van der Waals surface area contributed by atoms with Gasteiger partial charge in [0.25, 0.3) is 11.5 Å². The summed E-state index contributed by atoms with van der Waals surface area (Å²) >= 11 is 0. The van der Waals surface area contributed by atoms with Crippen LogP contribution in [0.4, 0.5) is 0 Å².